The topological polar surface area (TPSA) is 59.1 Å². The standard InChI is InChI=1S/C13H11F3N2O2S/c14-13(15,16)21(19,20)12-7-2-1-6-11(12)18-9-10-5-3-4-8-17-10/h1-8,18H,9H2. The zero-order valence-electron chi connectivity index (χ0n) is 10.6. The fourth-order valence-electron chi connectivity index (χ4n) is 1.66. The second-order valence-electron chi connectivity index (χ2n) is 4.12. The van der Waals surface area contributed by atoms with Gasteiger partial charge in [0, 0.05) is 6.20 Å². The van der Waals surface area contributed by atoms with Crippen LogP contribution >= 0.6 is 0 Å². The minimum absolute atomic E-state index is 0.111. The van der Waals surface area contributed by atoms with E-state index in [-0.39, 0.29) is 12.2 Å². The molecule has 8 heteroatoms. The number of hydrogen-bond donors (Lipinski definition) is 1. The SMILES string of the molecule is O=S(=O)(c1ccccc1NCc1ccccn1)C(F)(F)F. The van der Waals surface area contributed by atoms with Crippen molar-refractivity contribution in [3.63, 3.8) is 0 Å². The van der Waals surface area contributed by atoms with Crippen molar-refractivity contribution >= 4 is 15.5 Å². The molecule has 0 spiro atoms. The van der Waals surface area contributed by atoms with Gasteiger partial charge in [-0.1, -0.05) is 18.2 Å². The van der Waals surface area contributed by atoms with Crippen molar-refractivity contribution in [2.24, 2.45) is 0 Å². The summed E-state index contributed by atoms with van der Waals surface area (Å²) in [5, 5.41) is 2.67. The summed E-state index contributed by atoms with van der Waals surface area (Å²) in [6, 6.07) is 9.99. The van der Waals surface area contributed by atoms with Crippen LogP contribution in [0.25, 0.3) is 0 Å². The maximum atomic E-state index is 12.6. The Labute approximate surface area is 119 Å². The maximum absolute atomic E-state index is 12.6. The number of alkyl halides is 3. The second kappa shape index (κ2) is 5.72. The molecule has 0 aliphatic heterocycles. The molecular weight excluding hydrogens is 305 g/mol. The Kier molecular flexibility index (Phi) is 4.17. The van der Waals surface area contributed by atoms with E-state index in [0.29, 0.717) is 5.69 Å². The molecule has 0 radical (unpaired) electrons. The molecule has 0 aliphatic carbocycles. The third-order valence-electron chi connectivity index (χ3n) is 2.67. The van der Waals surface area contributed by atoms with Gasteiger partial charge in [-0.25, -0.2) is 8.42 Å². The van der Waals surface area contributed by atoms with Gasteiger partial charge in [0.1, 0.15) is 0 Å². The largest absolute Gasteiger partial charge is 0.501 e. The van der Waals surface area contributed by atoms with Gasteiger partial charge in [-0.05, 0) is 24.3 Å². The molecule has 4 nitrogen and oxygen atoms in total. The van der Waals surface area contributed by atoms with Crippen LogP contribution in [0.5, 0.6) is 0 Å². The Morgan fingerprint density at radius 3 is 2.33 bits per heavy atom. The molecule has 112 valence electrons. The average molecular weight is 316 g/mol. The van der Waals surface area contributed by atoms with Crippen LogP contribution in [0.4, 0.5) is 18.9 Å². The summed E-state index contributed by atoms with van der Waals surface area (Å²) < 4.78 is 60.9. The van der Waals surface area contributed by atoms with Crippen molar-refractivity contribution in [3.8, 4) is 0 Å². The predicted octanol–water partition coefficient (Wildman–Crippen LogP) is 2.99. The van der Waals surface area contributed by atoms with Gasteiger partial charge in [-0.3, -0.25) is 4.98 Å². The fourth-order valence-corrected chi connectivity index (χ4v) is 2.60. The quantitative estimate of drug-likeness (QED) is 0.942. The first-order valence-corrected chi connectivity index (χ1v) is 7.35. The van der Waals surface area contributed by atoms with Crippen molar-refractivity contribution in [2.75, 3.05) is 5.32 Å². The van der Waals surface area contributed by atoms with Gasteiger partial charge in [-0.2, -0.15) is 13.2 Å². The number of rotatable bonds is 4. The highest BCUT2D eigenvalue weighted by molar-refractivity contribution is 7.92. The number of halogens is 3. The van der Waals surface area contributed by atoms with Crippen LogP contribution in [0.15, 0.2) is 53.6 Å². The Hall–Kier alpha value is -2.09. The first-order chi connectivity index (χ1) is 9.82. The minimum atomic E-state index is -5.39. The van der Waals surface area contributed by atoms with Crippen LogP contribution in [0.3, 0.4) is 0 Å². The third kappa shape index (κ3) is 3.33. The summed E-state index contributed by atoms with van der Waals surface area (Å²) in [7, 11) is -5.39. The number of hydrogen-bond acceptors (Lipinski definition) is 4. The molecule has 0 bridgehead atoms. The Bertz CT molecular complexity index is 716. The molecule has 0 amide bonds. The summed E-state index contributed by atoms with van der Waals surface area (Å²) in [4.78, 5) is 3.20. The zero-order valence-corrected chi connectivity index (χ0v) is 11.4. The maximum Gasteiger partial charge on any atom is 0.501 e. The Balaban J connectivity index is 2.30. The van der Waals surface area contributed by atoms with Crippen LogP contribution in [-0.4, -0.2) is 18.9 Å². The monoisotopic (exact) mass is 316 g/mol. The van der Waals surface area contributed by atoms with Gasteiger partial charge in [0.15, 0.2) is 0 Å². The lowest BCUT2D eigenvalue weighted by Gasteiger charge is -2.13. The lowest BCUT2D eigenvalue weighted by Crippen LogP contribution is -2.24. The number of pyridine rings is 1. The van der Waals surface area contributed by atoms with E-state index in [9.17, 15) is 21.6 Å². The van der Waals surface area contributed by atoms with Gasteiger partial charge in [0.2, 0.25) is 0 Å². The third-order valence-corrected chi connectivity index (χ3v) is 4.21. The van der Waals surface area contributed by atoms with Crippen LogP contribution in [0.1, 0.15) is 5.69 Å². The van der Waals surface area contributed by atoms with Crippen LogP contribution in [-0.2, 0) is 16.4 Å². The molecule has 1 aromatic heterocycles. The molecule has 1 N–H and O–H groups in total. The van der Waals surface area contributed by atoms with Crippen LogP contribution in [0, 0.1) is 0 Å². The lowest BCUT2D eigenvalue weighted by atomic mass is 10.3. The minimum Gasteiger partial charge on any atom is -0.378 e. The zero-order chi connectivity index (χ0) is 15.5. The molecule has 0 fully saturated rings. The molecular formula is C13H11F3N2O2S. The van der Waals surface area contributed by atoms with Gasteiger partial charge in [0.25, 0.3) is 9.84 Å². The average Bonchev–Trinajstić information content (AvgIpc) is 2.45. The molecule has 0 saturated carbocycles. The number of nitrogens with one attached hydrogen (secondary N) is 1. The molecule has 21 heavy (non-hydrogen) atoms. The van der Waals surface area contributed by atoms with Crippen molar-refractivity contribution in [3.05, 3.63) is 54.4 Å². The number of nitrogens with zero attached hydrogens (tertiary/aromatic N) is 1. The number of sulfone groups is 1. The number of para-hydroxylation sites is 1. The molecule has 0 unspecified atom stereocenters. The van der Waals surface area contributed by atoms with E-state index >= 15 is 0 Å². The smallest absolute Gasteiger partial charge is 0.378 e. The van der Waals surface area contributed by atoms with E-state index in [0.717, 1.165) is 6.07 Å². The van der Waals surface area contributed by atoms with Crippen molar-refractivity contribution in [2.45, 2.75) is 16.9 Å². The van der Waals surface area contributed by atoms with E-state index in [4.69, 9.17) is 0 Å². The number of benzene rings is 1. The Morgan fingerprint density at radius 2 is 1.71 bits per heavy atom. The number of aromatic nitrogens is 1. The second-order valence-corrected chi connectivity index (χ2v) is 6.03. The fraction of sp³-hybridized carbons (Fsp3) is 0.154. The summed E-state index contributed by atoms with van der Waals surface area (Å²) in [5.74, 6) is 0. The van der Waals surface area contributed by atoms with E-state index in [2.05, 4.69) is 10.3 Å². The summed E-state index contributed by atoms with van der Waals surface area (Å²) >= 11 is 0. The van der Waals surface area contributed by atoms with Gasteiger partial charge < -0.3 is 5.32 Å². The Morgan fingerprint density at radius 1 is 1.05 bits per heavy atom. The van der Waals surface area contributed by atoms with Gasteiger partial charge in [0.05, 0.1) is 22.8 Å². The molecule has 1 aromatic carbocycles. The van der Waals surface area contributed by atoms with E-state index in [1.54, 1.807) is 18.2 Å². The van der Waals surface area contributed by atoms with E-state index in [1.165, 1.54) is 24.4 Å². The van der Waals surface area contributed by atoms with Crippen molar-refractivity contribution in [1.82, 2.24) is 4.98 Å². The molecule has 2 rings (SSSR count). The first kappa shape index (κ1) is 15.3. The van der Waals surface area contributed by atoms with Crippen molar-refractivity contribution < 1.29 is 21.6 Å². The van der Waals surface area contributed by atoms with Crippen molar-refractivity contribution in [1.29, 1.82) is 0 Å². The highest BCUT2D eigenvalue weighted by Gasteiger charge is 2.47. The summed E-state index contributed by atoms with van der Waals surface area (Å²) in [6.45, 7) is 0.116. The van der Waals surface area contributed by atoms with E-state index < -0.39 is 20.2 Å². The molecule has 0 aliphatic rings. The normalized spacial score (nSPS) is 12.1. The van der Waals surface area contributed by atoms with Gasteiger partial charge >= 0.3 is 5.51 Å². The number of anilines is 1. The summed E-state index contributed by atoms with van der Waals surface area (Å²) in [6.07, 6.45) is 1.54. The van der Waals surface area contributed by atoms with Crippen LogP contribution in [0.2, 0.25) is 0 Å². The highest BCUT2D eigenvalue weighted by atomic mass is 32.2. The van der Waals surface area contributed by atoms with E-state index in [1.807, 2.05) is 0 Å². The molecule has 0 saturated heterocycles. The molecule has 2 aromatic rings. The highest BCUT2D eigenvalue weighted by Crippen LogP contribution is 2.34. The molecule has 0 atom stereocenters. The lowest BCUT2D eigenvalue weighted by molar-refractivity contribution is -0.0435. The van der Waals surface area contributed by atoms with Gasteiger partial charge in [-0.15, -0.1) is 0 Å². The van der Waals surface area contributed by atoms with Crippen LogP contribution < -0.4 is 5.32 Å². The summed E-state index contributed by atoms with van der Waals surface area (Å²) in [5.41, 5.74) is -4.87. The predicted molar refractivity (Wildman–Crippen MR) is 71.2 cm³/mol. The molecule has 1 heterocycles. The first-order valence-electron chi connectivity index (χ1n) is 5.86.